The van der Waals surface area contributed by atoms with Crippen LogP contribution in [0.5, 0.6) is 0 Å². The Hall–Kier alpha value is -2.10. The standard InChI is InChI=1S/C14H14N2O2/c1-7-4-2-3-5-8(7)9-6-10(9)16-12-11(15)13(17)14(12)18/h2-5,9-10,16H,6,15H2,1H3/t9-,10+/m0/s1. The second-order valence-corrected chi connectivity index (χ2v) is 4.90. The first-order valence-corrected chi connectivity index (χ1v) is 6.00. The van der Waals surface area contributed by atoms with Crippen LogP contribution in [0.1, 0.15) is 23.5 Å². The van der Waals surface area contributed by atoms with Crippen LogP contribution in [0.2, 0.25) is 0 Å². The van der Waals surface area contributed by atoms with Crippen LogP contribution in [0.15, 0.2) is 33.9 Å². The van der Waals surface area contributed by atoms with Gasteiger partial charge in [0, 0.05) is 12.0 Å². The number of nitrogens with one attached hydrogen (secondary N) is 1. The van der Waals surface area contributed by atoms with Gasteiger partial charge in [-0.3, -0.25) is 9.59 Å². The van der Waals surface area contributed by atoms with Gasteiger partial charge in [-0.25, -0.2) is 0 Å². The maximum Gasteiger partial charge on any atom is 0.253 e. The van der Waals surface area contributed by atoms with E-state index in [1.165, 1.54) is 11.1 Å². The molecule has 18 heavy (non-hydrogen) atoms. The van der Waals surface area contributed by atoms with Gasteiger partial charge in [-0.1, -0.05) is 24.3 Å². The number of aryl methyl sites for hydroxylation is 1. The molecule has 1 aliphatic carbocycles. The molecule has 0 radical (unpaired) electrons. The number of nitrogen functional groups attached to an aromatic ring is 1. The Balaban J connectivity index is 1.75. The zero-order valence-corrected chi connectivity index (χ0v) is 10.1. The number of hydrogen-bond donors (Lipinski definition) is 2. The number of hydrogen-bond acceptors (Lipinski definition) is 4. The van der Waals surface area contributed by atoms with Crippen LogP contribution in [0, 0.1) is 6.92 Å². The average molecular weight is 242 g/mol. The lowest BCUT2D eigenvalue weighted by atomic mass is 10.0. The molecule has 3 N–H and O–H groups in total. The van der Waals surface area contributed by atoms with Gasteiger partial charge in [-0.05, 0) is 24.5 Å². The number of nitrogens with two attached hydrogens (primary N) is 1. The second-order valence-electron chi connectivity index (χ2n) is 4.90. The first-order valence-electron chi connectivity index (χ1n) is 6.00. The van der Waals surface area contributed by atoms with E-state index in [-0.39, 0.29) is 11.7 Å². The molecule has 2 atom stereocenters. The molecule has 0 amide bonds. The van der Waals surface area contributed by atoms with Crippen molar-refractivity contribution in [3.8, 4) is 0 Å². The lowest BCUT2D eigenvalue weighted by Gasteiger charge is -2.10. The van der Waals surface area contributed by atoms with Gasteiger partial charge in [-0.15, -0.1) is 0 Å². The predicted molar refractivity (Wildman–Crippen MR) is 71.7 cm³/mol. The largest absolute Gasteiger partial charge is 0.394 e. The van der Waals surface area contributed by atoms with E-state index >= 15 is 0 Å². The van der Waals surface area contributed by atoms with Gasteiger partial charge in [0.05, 0.1) is 0 Å². The summed E-state index contributed by atoms with van der Waals surface area (Å²) in [5.41, 5.74) is 7.38. The van der Waals surface area contributed by atoms with Gasteiger partial charge in [0.25, 0.3) is 10.9 Å². The summed E-state index contributed by atoms with van der Waals surface area (Å²) in [5, 5.41) is 3.08. The molecule has 0 unspecified atom stereocenters. The highest BCUT2D eigenvalue weighted by Gasteiger charge is 2.40. The summed E-state index contributed by atoms with van der Waals surface area (Å²) < 4.78 is 0. The molecular weight excluding hydrogens is 228 g/mol. The van der Waals surface area contributed by atoms with E-state index in [4.69, 9.17) is 5.73 Å². The summed E-state index contributed by atoms with van der Waals surface area (Å²) in [6.07, 6.45) is 0.975. The zero-order valence-electron chi connectivity index (χ0n) is 10.1. The molecular formula is C14H14N2O2. The van der Waals surface area contributed by atoms with Crippen molar-refractivity contribution < 1.29 is 0 Å². The van der Waals surface area contributed by atoms with E-state index in [0.29, 0.717) is 11.6 Å². The predicted octanol–water partition coefficient (Wildman–Crippen LogP) is 1.14. The highest BCUT2D eigenvalue weighted by atomic mass is 16.2. The molecule has 0 spiro atoms. The molecule has 4 nitrogen and oxygen atoms in total. The van der Waals surface area contributed by atoms with Gasteiger partial charge < -0.3 is 11.1 Å². The molecule has 0 bridgehead atoms. The quantitative estimate of drug-likeness (QED) is 0.792. The van der Waals surface area contributed by atoms with Gasteiger partial charge in [0.15, 0.2) is 0 Å². The number of benzene rings is 1. The van der Waals surface area contributed by atoms with Crippen LogP contribution >= 0.6 is 0 Å². The maximum absolute atomic E-state index is 11.3. The van der Waals surface area contributed by atoms with Crippen LogP contribution in [0.3, 0.4) is 0 Å². The minimum absolute atomic E-state index is 0.0791. The fourth-order valence-electron chi connectivity index (χ4n) is 2.44. The molecule has 1 fully saturated rings. The van der Waals surface area contributed by atoms with Crippen molar-refractivity contribution in [3.05, 3.63) is 55.8 Å². The van der Waals surface area contributed by atoms with Gasteiger partial charge in [-0.2, -0.15) is 0 Å². The fraction of sp³-hybridized carbons (Fsp3) is 0.286. The molecule has 92 valence electrons. The smallest absolute Gasteiger partial charge is 0.253 e. The molecule has 1 saturated carbocycles. The van der Waals surface area contributed by atoms with Crippen LogP contribution in [-0.4, -0.2) is 6.04 Å². The second kappa shape index (κ2) is 3.70. The van der Waals surface area contributed by atoms with E-state index in [2.05, 4.69) is 24.4 Å². The monoisotopic (exact) mass is 242 g/mol. The normalized spacial score (nSPS) is 22.1. The van der Waals surface area contributed by atoms with Crippen molar-refractivity contribution in [3.63, 3.8) is 0 Å². The SMILES string of the molecule is Cc1ccccc1[C@@H]1C[C@H]1Nc1c(N)c(=O)c1=O. The lowest BCUT2D eigenvalue weighted by molar-refractivity contribution is 1.02. The molecule has 0 aromatic heterocycles. The van der Waals surface area contributed by atoms with Gasteiger partial charge in [0.1, 0.15) is 11.4 Å². The molecule has 2 aromatic carbocycles. The van der Waals surface area contributed by atoms with Crippen LogP contribution in [-0.2, 0) is 0 Å². The summed E-state index contributed by atoms with van der Waals surface area (Å²) in [7, 11) is 0. The summed E-state index contributed by atoms with van der Waals surface area (Å²) in [4.78, 5) is 22.3. The molecule has 2 aromatic rings. The maximum atomic E-state index is 11.3. The Morgan fingerprint density at radius 2 is 1.94 bits per heavy atom. The van der Waals surface area contributed by atoms with Crippen molar-refractivity contribution in [1.82, 2.24) is 0 Å². The Morgan fingerprint density at radius 1 is 1.22 bits per heavy atom. The summed E-state index contributed by atoms with van der Waals surface area (Å²) in [6.45, 7) is 2.08. The highest BCUT2D eigenvalue weighted by Crippen LogP contribution is 2.44. The van der Waals surface area contributed by atoms with Crippen molar-refractivity contribution in [2.45, 2.75) is 25.3 Å². The molecule has 1 aliphatic rings. The number of rotatable bonds is 3. The number of anilines is 2. The Labute approximate surface area is 104 Å². The Kier molecular flexibility index (Phi) is 2.26. The van der Waals surface area contributed by atoms with Crippen molar-refractivity contribution in [2.24, 2.45) is 0 Å². The third-order valence-electron chi connectivity index (χ3n) is 3.66. The molecule has 3 rings (SSSR count). The summed E-state index contributed by atoms with van der Waals surface area (Å²) in [6, 6.07) is 8.43. The van der Waals surface area contributed by atoms with Crippen LogP contribution in [0.25, 0.3) is 0 Å². The van der Waals surface area contributed by atoms with Crippen molar-refractivity contribution in [2.75, 3.05) is 11.1 Å². The van der Waals surface area contributed by atoms with Gasteiger partial charge >= 0.3 is 0 Å². The van der Waals surface area contributed by atoms with Crippen LogP contribution in [0.4, 0.5) is 11.4 Å². The Bertz CT molecular complexity index is 683. The van der Waals surface area contributed by atoms with E-state index in [1.54, 1.807) is 0 Å². The third-order valence-corrected chi connectivity index (χ3v) is 3.66. The molecule has 0 saturated heterocycles. The first kappa shape index (κ1) is 11.0. The molecule has 0 heterocycles. The van der Waals surface area contributed by atoms with Crippen molar-refractivity contribution in [1.29, 1.82) is 0 Å². The topological polar surface area (TPSA) is 72.2 Å². The minimum Gasteiger partial charge on any atom is -0.394 e. The van der Waals surface area contributed by atoms with E-state index in [9.17, 15) is 9.59 Å². The zero-order chi connectivity index (χ0) is 12.9. The summed E-state index contributed by atoms with van der Waals surface area (Å²) >= 11 is 0. The van der Waals surface area contributed by atoms with Crippen LogP contribution < -0.4 is 21.9 Å². The third kappa shape index (κ3) is 1.53. The van der Waals surface area contributed by atoms with Crippen molar-refractivity contribution >= 4 is 11.4 Å². The Morgan fingerprint density at radius 3 is 2.61 bits per heavy atom. The van der Waals surface area contributed by atoms with Gasteiger partial charge in [0.2, 0.25) is 0 Å². The molecule has 0 aliphatic heterocycles. The highest BCUT2D eigenvalue weighted by molar-refractivity contribution is 5.72. The van der Waals surface area contributed by atoms with E-state index in [0.717, 1.165) is 6.42 Å². The average Bonchev–Trinajstić information content (AvgIpc) is 3.14. The fourth-order valence-corrected chi connectivity index (χ4v) is 2.44. The summed E-state index contributed by atoms with van der Waals surface area (Å²) in [5.74, 6) is 0.412. The first-order chi connectivity index (χ1) is 8.59. The van der Waals surface area contributed by atoms with E-state index < -0.39 is 10.9 Å². The van der Waals surface area contributed by atoms with E-state index in [1.807, 2.05) is 12.1 Å². The molecule has 4 heteroatoms. The lowest BCUT2D eigenvalue weighted by Crippen LogP contribution is -2.37. The minimum atomic E-state index is -0.564.